The summed E-state index contributed by atoms with van der Waals surface area (Å²) >= 11 is 0. The van der Waals surface area contributed by atoms with Gasteiger partial charge in [0, 0.05) is 13.2 Å². The van der Waals surface area contributed by atoms with Crippen molar-refractivity contribution in [3.05, 3.63) is 0 Å². The van der Waals surface area contributed by atoms with Crippen LogP contribution < -0.4 is 0 Å². The summed E-state index contributed by atoms with van der Waals surface area (Å²) in [6, 6.07) is 0.433. The summed E-state index contributed by atoms with van der Waals surface area (Å²) in [6.45, 7) is 8.22. The van der Waals surface area contributed by atoms with Crippen LogP contribution >= 0.6 is 0 Å². The molecule has 0 aliphatic carbocycles. The lowest BCUT2D eigenvalue weighted by atomic mass is 10.2. The van der Waals surface area contributed by atoms with Crippen molar-refractivity contribution in [2.45, 2.75) is 46.1 Å². The third-order valence-corrected chi connectivity index (χ3v) is 2.46. The zero-order valence-electron chi connectivity index (χ0n) is 10.6. The topological polar surface area (TPSA) is 29.5 Å². The predicted octanol–water partition coefficient (Wildman–Crippen LogP) is 2.10. The monoisotopic (exact) mass is 215 g/mol. The van der Waals surface area contributed by atoms with Gasteiger partial charge in [0.15, 0.2) is 5.78 Å². The van der Waals surface area contributed by atoms with Gasteiger partial charge in [0.25, 0.3) is 0 Å². The van der Waals surface area contributed by atoms with E-state index in [0.29, 0.717) is 12.6 Å². The minimum atomic E-state index is 0.169. The second kappa shape index (κ2) is 8.86. The smallest absolute Gasteiger partial charge is 0.172 e. The molecule has 0 aromatic rings. The quantitative estimate of drug-likeness (QED) is 0.552. The van der Waals surface area contributed by atoms with Gasteiger partial charge in [-0.3, -0.25) is 9.69 Å². The van der Waals surface area contributed by atoms with Crippen molar-refractivity contribution in [2.75, 3.05) is 26.8 Å². The number of ketones is 1. The molecule has 0 aliphatic rings. The molecule has 0 atom stereocenters. The average Bonchev–Trinajstić information content (AvgIpc) is 2.16. The molecular formula is C12H25NO2. The van der Waals surface area contributed by atoms with Crippen LogP contribution in [0.3, 0.4) is 0 Å². The fourth-order valence-electron chi connectivity index (χ4n) is 1.52. The minimum Gasteiger partial charge on any atom is -0.377 e. The first-order valence-electron chi connectivity index (χ1n) is 5.86. The average molecular weight is 215 g/mol. The Kier molecular flexibility index (Phi) is 8.62. The summed E-state index contributed by atoms with van der Waals surface area (Å²) in [6.07, 6.45) is 3.63. The Hall–Kier alpha value is -0.410. The zero-order valence-corrected chi connectivity index (χ0v) is 10.6. The van der Waals surface area contributed by atoms with E-state index in [4.69, 9.17) is 4.74 Å². The summed E-state index contributed by atoms with van der Waals surface area (Å²) < 4.78 is 4.83. The second-order valence-electron chi connectivity index (χ2n) is 4.24. The van der Waals surface area contributed by atoms with E-state index < -0.39 is 0 Å². The van der Waals surface area contributed by atoms with E-state index in [1.807, 2.05) is 0 Å². The molecule has 0 rings (SSSR count). The maximum atomic E-state index is 11.4. The van der Waals surface area contributed by atoms with Gasteiger partial charge >= 0.3 is 0 Å². The van der Waals surface area contributed by atoms with Crippen molar-refractivity contribution in [1.82, 2.24) is 4.90 Å². The standard InChI is InChI=1S/C12H25NO2/c1-5-6-7-8-13(11(2)3)9-12(14)10-15-4/h11H,5-10H2,1-4H3. The van der Waals surface area contributed by atoms with Crippen molar-refractivity contribution >= 4 is 5.78 Å². The highest BCUT2D eigenvalue weighted by Crippen LogP contribution is 2.03. The zero-order chi connectivity index (χ0) is 11.7. The third-order valence-electron chi connectivity index (χ3n) is 2.46. The van der Waals surface area contributed by atoms with Crippen LogP contribution in [0, 0.1) is 0 Å². The minimum absolute atomic E-state index is 0.169. The van der Waals surface area contributed by atoms with Crippen LogP contribution in [0.4, 0.5) is 0 Å². The summed E-state index contributed by atoms with van der Waals surface area (Å²) in [5, 5.41) is 0. The first-order chi connectivity index (χ1) is 7.11. The van der Waals surface area contributed by atoms with Gasteiger partial charge in [-0.05, 0) is 26.8 Å². The highest BCUT2D eigenvalue weighted by molar-refractivity contribution is 5.81. The molecule has 0 spiro atoms. The van der Waals surface area contributed by atoms with Gasteiger partial charge in [0.2, 0.25) is 0 Å². The number of nitrogens with zero attached hydrogens (tertiary/aromatic N) is 1. The van der Waals surface area contributed by atoms with Crippen LogP contribution in [0.15, 0.2) is 0 Å². The molecule has 0 N–H and O–H groups in total. The van der Waals surface area contributed by atoms with Crippen molar-refractivity contribution in [2.24, 2.45) is 0 Å². The molecule has 0 saturated carbocycles. The second-order valence-corrected chi connectivity index (χ2v) is 4.24. The van der Waals surface area contributed by atoms with E-state index in [9.17, 15) is 4.79 Å². The van der Waals surface area contributed by atoms with Crippen LogP contribution in [-0.2, 0) is 9.53 Å². The number of methoxy groups -OCH3 is 1. The van der Waals surface area contributed by atoms with E-state index in [-0.39, 0.29) is 12.4 Å². The molecular weight excluding hydrogens is 190 g/mol. The molecule has 0 aliphatic heterocycles. The van der Waals surface area contributed by atoms with Crippen LogP contribution in [0.5, 0.6) is 0 Å². The largest absolute Gasteiger partial charge is 0.377 e. The molecule has 0 radical (unpaired) electrons. The Morgan fingerprint density at radius 2 is 2.00 bits per heavy atom. The lowest BCUT2D eigenvalue weighted by Crippen LogP contribution is -2.37. The van der Waals surface area contributed by atoms with Crippen molar-refractivity contribution in [1.29, 1.82) is 0 Å². The van der Waals surface area contributed by atoms with Crippen LogP contribution in [0.2, 0.25) is 0 Å². The number of Topliss-reactive ketones (excluding diaryl/α,β-unsaturated/α-hetero) is 1. The molecule has 0 fully saturated rings. The van der Waals surface area contributed by atoms with Crippen molar-refractivity contribution < 1.29 is 9.53 Å². The summed E-state index contributed by atoms with van der Waals surface area (Å²) in [7, 11) is 1.56. The number of unbranched alkanes of at least 4 members (excludes halogenated alkanes) is 2. The number of carbonyl (C=O) groups is 1. The molecule has 0 saturated heterocycles. The predicted molar refractivity (Wildman–Crippen MR) is 63.1 cm³/mol. The third kappa shape index (κ3) is 7.51. The Morgan fingerprint density at radius 3 is 2.47 bits per heavy atom. The fourth-order valence-corrected chi connectivity index (χ4v) is 1.52. The maximum Gasteiger partial charge on any atom is 0.172 e. The lowest BCUT2D eigenvalue weighted by molar-refractivity contribution is -0.124. The molecule has 3 nitrogen and oxygen atoms in total. The Morgan fingerprint density at radius 1 is 1.33 bits per heavy atom. The molecule has 0 aromatic carbocycles. The molecule has 15 heavy (non-hydrogen) atoms. The van der Waals surface area contributed by atoms with E-state index in [2.05, 4.69) is 25.7 Å². The first-order valence-corrected chi connectivity index (χ1v) is 5.86. The molecule has 0 aromatic heterocycles. The molecule has 0 bridgehead atoms. The molecule has 90 valence electrons. The highest BCUT2D eigenvalue weighted by Gasteiger charge is 2.12. The van der Waals surface area contributed by atoms with Gasteiger partial charge < -0.3 is 4.74 Å². The van der Waals surface area contributed by atoms with Gasteiger partial charge in [0.05, 0.1) is 6.54 Å². The normalized spacial score (nSPS) is 11.3. The maximum absolute atomic E-state index is 11.4. The number of ether oxygens (including phenoxy) is 1. The number of hydrogen-bond acceptors (Lipinski definition) is 3. The fraction of sp³-hybridized carbons (Fsp3) is 0.917. The van der Waals surface area contributed by atoms with E-state index in [0.717, 1.165) is 6.54 Å². The van der Waals surface area contributed by atoms with Gasteiger partial charge in [0.1, 0.15) is 6.61 Å². The Bertz CT molecular complexity index is 169. The lowest BCUT2D eigenvalue weighted by Gasteiger charge is -2.25. The number of hydrogen-bond donors (Lipinski definition) is 0. The van der Waals surface area contributed by atoms with Gasteiger partial charge in [-0.25, -0.2) is 0 Å². The Balaban J connectivity index is 3.87. The number of rotatable bonds is 9. The SMILES string of the molecule is CCCCCN(CC(=O)COC)C(C)C. The van der Waals surface area contributed by atoms with E-state index in [1.165, 1.54) is 19.3 Å². The first kappa shape index (κ1) is 14.6. The molecule has 0 amide bonds. The van der Waals surface area contributed by atoms with E-state index >= 15 is 0 Å². The van der Waals surface area contributed by atoms with Gasteiger partial charge in [-0.15, -0.1) is 0 Å². The molecule has 3 heteroatoms. The van der Waals surface area contributed by atoms with Crippen LogP contribution in [0.25, 0.3) is 0 Å². The van der Waals surface area contributed by atoms with Gasteiger partial charge in [-0.2, -0.15) is 0 Å². The Labute approximate surface area is 93.8 Å². The van der Waals surface area contributed by atoms with Gasteiger partial charge in [-0.1, -0.05) is 19.8 Å². The summed E-state index contributed by atoms with van der Waals surface area (Å²) in [5.74, 6) is 0.169. The molecule has 0 unspecified atom stereocenters. The highest BCUT2D eigenvalue weighted by atomic mass is 16.5. The van der Waals surface area contributed by atoms with Crippen molar-refractivity contribution in [3.8, 4) is 0 Å². The van der Waals surface area contributed by atoms with Crippen LogP contribution in [0.1, 0.15) is 40.0 Å². The van der Waals surface area contributed by atoms with Crippen molar-refractivity contribution in [3.63, 3.8) is 0 Å². The van der Waals surface area contributed by atoms with Crippen LogP contribution in [-0.4, -0.2) is 43.5 Å². The summed E-state index contributed by atoms with van der Waals surface area (Å²) in [4.78, 5) is 13.6. The summed E-state index contributed by atoms with van der Waals surface area (Å²) in [5.41, 5.74) is 0. The number of carbonyl (C=O) groups excluding carboxylic acids is 1. The molecule has 0 heterocycles. The van der Waals surface area contributed by atoms with E-state index in [1.54, 1.807) is 7.11 Å².